The molecule has 0 saturated carbocycles. The van der Waals surface area contributed by atoms with Gasteiger partial charge in [0.2, 0.25) is 0 Å². The van der Waals surface area contributed by atoms with Crippen molar-refractivity contribution < 1.29 is 5.11 Å². The van der Waals surface area contributed by atoms with E-state index in [9.17, 15) is 0 Å². The van der Waals surface area contributed by atoms with Gasteiger partial charge in [0, 0.05) is 0 Å². The summed E-state index contributed by atoms with van der Waals surface area (Å²) >= 11 is 0. The van der Waals surface area contributed by atoms with E-state index in [4.69, 9.17) is 5.11 Å². The molecule has 0 bridgehead atoms. The van der Waals surface area contributed by atoms with Gasteiger partial charge in [0.1, 0.15) is 5.76 Å². The predicted octanol–water partition coefficient (Wildman–Crippen LogP) is 1.78. The number of aliphatic hydroxyl groups excluding tert-OH is 1. The topological polar surface area (TPSA) is 20.2 Å². The summed E-state index contributed by atoms with van der Waals surface area (Å²) in [4.78, 5) is 0. The van der Waals surface area contributed by atoms with Gasteiger partial charge in [-0.25, -0.2) is 0 Å². The van der Waals surface area contributed by atoms with Crippen LogP contribution in [0.2, 0.25) is 0 Å². The van der Waals surface area contributed by atoms with Crippen LogP contribution in [-0.2, 0) is 0 Å². The van der Waals surface area contributed by atoms with Crippen LogP contribution in [0.1, 0.15) is 13.3 Å². The lowest BCUT2D eigenvalue weighted by atomic mass is 10.3. The number of hydrogen-bond acceptors (Lipinski definition) is 1. The van der Waals surface area contributed by atoms with E-state index in [-0.39, 0.29) is 0 Å². The van der Waals surface area contributed by atoms with Crippen molar-refractivity contribution in [3.05, 3.63) is 23.5 Å². The Morgan fingerprint density at radius 3 is 2.57 bits per heavy atom. The molecule has 1 heteroatoms. The highest BCUT2D eigenvalue weighted by molar-refractivity contribution is 5.25. The van der Waals surface area contributed by atoms with Crippen molar-refractivity contribution in [2.45, 2.75) is 13.3 Å². The third-order valence-corrected chi connectivity index (χ3v) is 1.03. The maximum Gasteiger partial charge on any atom is 0.111 e. The average molecular weight is 96.1 g/mol. The second kappa shape index (κ2) is 1.41. The first-order valence-corrected chi connectivity index (χ1v) is 2.35. The van der Waals surface area contributed by atoms with Crippen molar-refractivity contribution in [3.63, 3.8) is 0 Å². The number of rotatable bonds is 0. The van der Waals surface area contributed by atoms with Gasteiger partial charge in [0.15, 0.2) is 0 Å². The van der Waals surface area contributed by atoms with Crippen LogP contribution in [-0.4, -0.2) is 5.11 Å². The highest BCUT2D eigenvalue weighted by Crippen LogP contribution is 2.12. The number of allylic oxidation sites excluding steroid dienone is 3. The first-order chi connectivity index (χ1) is 3.29. The number of aliphatic hydroxyl groups is 1. The molecule has 0 fully saturated rings. The van der Waals surface area contributed by atoms with Gasteiger partial charge in [-0.1, -0.05) is 5.57 Å². The molecule has 0 aliphatic heterocycles. The molecular weight excluding hydrogens is 88.1 g/mol. The van der Waals surface area contributed by atoms with E-state index in [0.29, 0.717) is 5.76 Å². The normalized spacial score (nSPS) is 19.0. The van der Waals surface area contributed by atoms with Crippen molar-refractivity contribution in [1.82, 2.24) is 0 Å². The Morgan fingerprint density at radius 1 is 1.71 bits per heavy atom. The largest absolute Gasteiger partial charge is 0.508 e. The van der Waals surface area contributed by atoms with Crippen molar-refractivity contribution in [2.24, 2.45) is 0 Å². The Kier molecular flexibility index (Phi) is 0.895. The highest BCUT2D eigenvalue weighted by Gasteiger charge is 1.96. The van der Waals surface area contributed by atoms with Crippen molar-refractivity contribution in [2.75, 3.05) is 0 Å². The highest BCUT2D eigenvalue weighted by atomic mass is 16.3. The van der Waals surface area contributed by atoms with Gasteiger partial charge in [0.25, 0.3) is 0 Å². The molecule has 0 saturated heterocycles. The summed E-state index contributed by atoms with van der Waals surface area (Å²) in [6.45, 7) is 2.00. The van der Waals surface area contributed by atoms with E-state index in [1.54, 1.807) is 12.2 Å². The minimum absolute atomic E-state index is 0.414. The Hall–Kier alpha value is -0.720. The number of hydrogen-bond donors (Lipinski definition) is 1. The summed E-state index contributed by atoms with van der Waals surface area (Å²) in [5.41, 5.74) is 1.23. The maximum absolute atomic E-state index is 8.68. The van der Waals surface area contributed by atoms with E-state index >= 15 is 0 Å². The molecule has 1 N–H and O–H groups in total. The molecular formula is C6H8O. The third-order valence-electron chi connectivity index (χ3n) is 1.03. The summed E-state index contributed by atoms with van der Waals surface area (Å²) in [6, 6.07) is 0. The zero-order chi connectivity index (χ0) is 5.28. The standard InChI is InChI=1S/C6H8O/c1-5-2-3-6(7)4-5/h3-4,7H,2H2,1H3. The SMILES string of the molecule is CC1=CC(O)=CC1. The van der Waals surface area contributed by atoms with Gasteiger partial charge in [-0.2, -0.15) is 0 Å². The Bertz CT molecular complexity index is 131. The summed E-state index contributed by atoms with van der Waals surface area (Å²) in [6.07, 6.45) is 4.50. The minimum atomic E-state index is 0.414. The third kappa shape index (κ3) is 0.829. The smallest absolute Gasteiger partial charge is 0.111 e. The lowest BCUT2D eigenvalue weighted by Crippen LogP contribution is -1.62. The first kappa shape index (κ1) is 4.44. The van der Waals surface area contributed by atoms with Gasteiger partial charge in [-0.3, -0.25) is 0 Å². The quantitative estimate of drug-likeness (QED) is 0.487. The zero-order valence-electron chi connectivity index (χ0n) is 4.31. The average Bonchev–Trinajstić information content (AvgIpc) is 1.87. The van der Waals surface area contributed by atoms with Crippen LogP contribution in [0.3, 0.4) is 0 Å². The molecule has 0 unspecified atom stereocenters. The Balaban J connectivity index is 2.69. The second-order valence-electron chi connectivity index (χ2n) is 1.82. The molecule has 0 spiro atoms. The van der Waals surface area contributed by atoms with E-state index in [2.05, 4.69) is 0 Å². The van der Waals surface area contributed by atoms with Crippen molar-refractivity contribution >= 4 is 0 Å². The van der Waals surface area contributed by atoms with Crippen molar-refractivity contribution in [1.29, 1.82) is 0 Å². The summed E-state index contributed by atoms with van der Waals surface area (Å²) in [5.74, 6) is 0.414. The maximum atomic E-state index is 8.68. The van der Waals surface area contributed by atoms with E-state index < -0.39 is 0 Å². The van der Waals surface area contributed by atoms with Crippen LogP contribution < -0.4 is 0 Å². The summed E-state index contributed by atoms with van der Waals surface area (Å²) in [5, 5.41) is 8.68. The zero-order valence-corrected chi connectivity index (χ0v) is 4.31. The van der Waals surface area contributed by atoms with E-state index in [0.717, 1.165) is 6.42 Å². The molecule has 0 aromatic heterocycles. The Morgan fingerprint density at radius 2 is 2.43 bits per heavy atom. The van der Waals surface area contributed by atoms with Gasteiger partial charge >= 0.3 is 0 Å². The van der Waals surface area contributed by atoms with Gasteiger partial charge < -0.3 is 5.11 Å². The fourth-order valence-electron chi connectivity index (χ4n) is 0.636. The molecule has 0 radical (unpaired) electrons. The van der Waals surface area contributed by atoms with Crippen LogP contribution in [0.5, 0.6) is 0 Å². The molecule has 1 aliphatic carbocycles. The van der Waals surface area contributed by atoms with E-state index in [1.807, 2.05) is 6.92 Å². The van der Waals surface area contributed by atoms with E-state index in [1.165, 1.54) is 5.57 Å². The monoisotopic (exact) mass is 96.1 g/mol. The fourth-order valence-corrected chi connectivity index (χ4v) is 0.636. The molecule has 38 valence electrons. The van der Waals surface area contributed by atoms with Crippen LogP contribution in [0.25, 0.3) is 0 Å². The lowest BCUT2D eigenvalue weighted by molar-refractivity contribution is 0.433. The Labute approximate surface area is 43.0 Å². The fraction of sp³-hybridized carbons (Fsp3) is 0.333. The minimum Gasteiger partial charge on any atom is -0.508 e. The van der Waals surface area contributed by atoms with Crippen LogP contribution >= 0.6 is 0 Å². The predicted molar refractivity (Wildman–Crippen MR) is 29.1 cm³/mol. The van der Waals surface area contributed by atoms with Crippen LogP contribution in [0, 0.1) is 0 Å². The lowest BCUT2D eigenvalue weighted by Gasteiger charge is -1.79. The van der Waals surface area contributed by atoms with Crippen LogP contribution in [0.4, 0.5) is 0 Å². The molecule has 0 aromatic carbocycles. The molecule has 0 aromatic rings. The molecule has 0 atom stereocenters. The van der Waals surface area contributed by atoms with Gasteiger partial charge in [-0.15, -0.1) is 0 Å². The second-order valence-corrected chi connectivity index (χ2v) is 1.82. The van der Waals surface area contributed by atoms with Gasteiger partial charge in [-0.05, 0) is 25.5 Å². The molecule has 1 nitrogen and oxygen atoms in total. The summed E-state index contributed by atoms with van der Waals surface area (Å²) < 4.78 is 0. The molecule has 0 amide bonds. The first-order valence-electron chi connectivity index (χ1n) is 2.35. The van der Waals surface area contributed by atoms with Gasteiger partial charge in [0.05, 0.1) is 0 Å². The molecule has 7 heavy (non-hydrogen) atoms. The molecule has 1 aliphatic rings. The molecule has 1 rings (SSSR count). The van der Waals surface area contributed by atoms with Crippen molar-refractivity contribution in [3.8, 4) is 0 Å². The molecule has 0 heterocycles. The summed E-state index contributed by atoms with van der Waals surface area (Å²) in [7, 11) is 0. The van der Waals surface area contributed by atoms with Crippen LogP contribution in [0.15, 0.2) is 23.5 Å².